The molecule has 5 rings (SSSR count). The molecule has 1 N–H and O–H groups in total. The Kier molecular flexibility index (Phi) is 4.88. The third kappa shape index (κ3) is 3.43. The first-order chi connectivity index (χ1) is 15.0. The van der Waals surface area contributed by atoms with Gasteiger partial charge in [-0.1, -0.05) is 54.2 Å². The van der Waals surface area contributed by atoms with Crippen LogP contribution in [-0.4, -0.2) is 27.1 Å². The molecule has 0 saturated carbocycles. The highest BCUT2D eigenvalue weighted by atomic mass is 35.5. The van der Waals surface area contributed by atoms with Gasteiger partial charge in [0.15, 0.2) is 5.84 Å². The van der Waals surface area contributed by atoms with E-state index in [1.807, 2.05) is 48.5 Å². The maximum Gasteiger partial charge on any atom is 0.269 e. The van der Waals surface area contributed by atoms with Crippen molar-refractivity contribution in [2.45, 2.75) is 21.2 Å². The number of carbonyl (C=O) groups is 1. The summed E-state index contributed by atoms with van der Waals surface area (Å²) < 4.78 is 0. The summed E-state index contributed by atoms with van der Waals surface area (Å²) >= 11 is 7.92. The highest BCUT2D eigenvalue weighted by Crippen LogP contribution is 2.41. The molecule has 7 nitrogen and oxygen atoms in total. The zero-order valence-electron chi connectivity index (χ0n) is 15.9. The van der Waals surface area contributed by atoms with Crippen LogP contribution in [0.2, 0.25) is 0 Å². The maximum atomic E-state index is 12.6. The van der Waals surface area contributed by atoms with Gasteiger partial charge in [-0.05, 0) is 23.8 Å². The van der Waals surface area contributed by atoms with E-state index in [1.54, 1.807) is 23.9 Å². The second-order valence-electron chi connectivity index (χ2n) is 7.05. The molecular weight excluding hydrogens is 436 g/mol. The number of nitro groups is 1. The Morgan fingerprint density at radius 1 is 1.03 bits per heavy atom. The number of non-ortho nitro benzene ring substituents is 1. The van der Waals surface area contributed by atoms with Crippen LogP contribution in [0.15, 0.2) is 87.6 Å². The van der Waals surface area contributed by atoms with E-state index in [4.69, 9.17) is 16.6 Å². The second-order valence-corrected chi connectivity index (χ2v) is 8.60. The highest BCUT2D eigenvalue weighted by molar-refractivity contribution is 7.99. The molecular formula is C22H15ClN4O3S. The average molecular weight is 451 g/mol. The highest BCUT2D eigenvalue weighted by Gasteiger charge is 2.48. The van der Waals surface area contributed by atoms with E-state index in [0.29, 0.717) is 11.4 Å². The Morgan fingerprint density at radius 2 is 1.77 bits per heavy atom. The third-order valence-corrected chi connectivity index (χ3v) is 6.70. The molecule has 0 radical (unpaired) electrons. The Bertz CT molecular complexity index is 1250. The van der Waals surface area contributed by atoms with Crippen LogP contribution in [0.25, 0.3) is 0 Å². The third-order valence-electron chi connectivity index (χ3n) is 5.14. The van der Waals surface area contributed by atoms with Gasteiger partial charge in [0.25, 0.3) is 11.6 Å². The summed E-state index contributed by atoms with van der Waals surface area (Å²) in [4.78, 5) is 30.1. The van der Waals surface area contributed by atoms with Crippen LogP contribution in [0.1, 0.15) is 17.2 Å². The molecule has 31 heavy (non-hydrogen) atoms. The van der Waals surface area contributed by atoms with E-state index in [1.165, 1.54) is 17.1 Å². The minimum absolute atomic E-state index is 0.0526. The van der Waals surface area contributed by atoms with Gasteiger partial charge in [-0.15, -0.1) is 11.6 Å². The lowest BCUT2D eigenvalue weighted by Crippen LogP contribution is -2.63. The number of amidine groups is 1. The average Bonchev–Trinajstić information content (AvgIpc) is 2.95. The Hall–Kier alpha value is -3.36. The molecule has 1 fully saturated rings. The second kappa shape index (κ2) is 7.72. The lowest BCUT2D eigenvalue weighted by Gasteiger charge is -2.44. The van der Waals surface area contributed by atoms with Crippen molar-refractivity contribution >= 4 is 46.5 Å². The lowest BCUT2D eigenvalue weighted by molar-refractivity contribution is -0.385. The number of para-hydroxylation sites is 1. The molecule has 0 aliphatic carbocycles. The van der Waals surface area contributed by atoms with Crippen molar-refractivity contribution in [2.75, 3.05) is 0 Å². The molecule has 3 aromatic rings. The zero-order valence-corrected chi connectivity index (χ0v) is 17.5. The number of halogens is 1. The topological polar surface area (TPSA) is 87.8 Å². The molecule has 154 valence electrons. The number of nitrogens with one attached hydrogen (secondary N) is 1. The van der Waals surface area contributed by atoms with E-state index >= 15 is 0 Å². The first-order valence-corrected chi connectivity index (χ1v) is 10.7. The van der Waals surface area contributed by atoms with Crippen LogP contribution in [0.4, 0.5) is 11.4 Å². The fourth-order valence-corrected chi connectivity index (χ4v) is 4.99. The molecule has 0 aromatic heterocycles. The van der Waals surface area contributed by atoms with Crippen LogP contribution >= 0.6 is 23.4 Å². The number of carbonyl (C=O) groups excluding carboxylic acids is 1. The number of amides is 1. The van der Waals surface area contributed by atoms with E-state index < -0.39 is 16.3 Å². The smallest absolute Gasteiger partial charge is 0.269 e. The monoisotopic (exact) mass is 450 g/mol. The summed E-state index contributed by atoms with van der Waals surface area (Å²) in [7, 11) is 0. The number of fused-ring (bicyclic) bond motifs is 2. The molecule has 9 heteroatoms. The van der Waals surface area contributed by atoms with Crippen LogP contribution in [0.3, 0.4) is 0 Å². The molecule has 2 aliphatic rings. The molecule has 1 amide bonds. The molecule has 3 aromatic carbocycles. The summed E-state index contributed by atoms with van der Waals surface area (Å²) in [5.41, 5.74) is 5.31. The van der Waals surface area contributed by atoms with E-state index in [2.05, 4.69) is 5.43 Å². The summed E-state index contributed by atoms with van der Waals surface area (Å²) in [6.45, 7) is 0. The Morgan fingerprint density at radius 3 is 2.58 bits per heavy atom. The predicted molar refractivity (Wildman–Crippen MR) is 119 cm³/mol. The van der Waals surface area contributed by atoms with Crippen molar-refractivity contribution in [1.82, 2.24) is 10.4 Å². The predicted octanol–water partition coefficient (Wildman–Crippen LogP) is 4.83. The fourth-order valence-electron chi connectivity index (χ4n) is 3.60. The number of nitro benzene ring substituents is 1. The van der Waals surface area contributed by atoms with Crippen molar-refractivity contribution in [2.24, 2.45) is 4.99 Å². The van der Waals surface area contributed by atoms with Gasteiger partial charge < -0.3 is 0 Å². The van der Waals surface area contributed by atoms with Gasteiger partial charge in [-0.25, -0.2) is 10.0 Å². The number of benzene rings is 3. The fraction of sp³-hybridized carbons (Fsp3) is 0.0909. The number of rotatable bonds is 3. The largest absolute Gasteiger partial charge is 0.278 e. The molecule has 0 unspecified atom stereocenters. The quantitative estimate of drug-likeness (QED) is 0.267. The number of hydrogen-bond acceptors (Lipinski definition) is 6. The molecule has 0 spiro atoms. The van der Waals surface area contributed by atoms with E-state index in [0.717, 1.165) is 21.0 Å². The minimum atomic E-state index is -0.821. The first kappa shape index (κ1) is 19.6. The van der Waals surface area contributed by atoms with Crippen LogP contribution in [-0.2, 0) is 4.79 Å². The molecule has 2 aliphatic heterocycles. The van der Waals surface area contributed by atoms with Gasteiger partial charge in [-0.2, -0.15) is 0 Å². The molecule has 2 atom stereocenters. The van der Waals surface area contributed by atoms with E-state index in [9.17, 15) is 14.9 Å². The van der Waals surface area contributed by atoms with Gasteiger partial charge >= 0.3 is 0 Å². The SMILES string of the molecule is O=C1[C@H](Cl)[C@H](c2cccc([N+](=O)[O-])c2)N1NC1=Nc2ccccc2Sc2ccccc21. The molecule has 0 bridgehead atoms. The lowest BCUT2D eigenvalue weighted by atomic mass is 9.95. The minimum Gasteiger partial charge on any atom is -0.278 e. The summed E-state index contributed by atoms with van der Waals surface area (Å²) in [5.74, 6) is 0.198. The summed E-state index contributed by atoms with van der Waals surface area (Å²) in [6, 6.07) is 21.2. The van der Waals surface area contributed by atoms with Gasteiger partial charge in [-0.3, -0.25) is 20.3 Å². The molecule has 1 saturated heterocycles. The summed E-state index contributed by atoms with van der Waals surface area (Å²) in [6.07, 6.45) is 0. The van der Waals surface area contributed by atoms with Gasteiger partial charge in [0.1, 0.15) is 11.4 Å². The van der Waals surface area contributed by atoms with Crippen molar-refractivity contribution in [3.05, 3.63) is 94.0 Å². The zero-order chi connectivity index (χ0) is 21.5. The van der Waals surface area contributed by atoms with E-state index in [-0.39, 0.29) is 11.6 Å². The van der Waals surface area contributed by atoms with Crippen molar-refractivity contribution < 1.29 is 9.72 Å². The van der Waals surface area contributed by atoms with Crippen LogP contribution in [0.5, 0.6) is 0 Å². The summed E-state index contributed by atoms with van der Waals surface area (Å²) in [5, 5.41) is 11.7. The van der Waals surface area contributed by atoms with Gasteiger partial charge in [0, 0.05) is 27.5 Å². The van der Waals surface area contributed by atoms with Crippen molar-refractivity contribution in [3.8, 4) is 0 Å². The van der Waals surface area contributed by atoms with Gasteiger partial charge in [0.2, 0.25) is 0 Å². The number of aliphatic imine (C=N–C) groups is 1. The molecule has 2 heterocycles. The number of alkyl halides is 1. The standard InChI is InChI=1S/C22H15ClN4O3S/c23-19-20(13-6-5-7-14(12-13)27(29)30)26(22(19)28)25-21-15-8-1-3-10-17(15)31-18-11-4-2-9-16(18)24-21/h1-12,19-20H,(H,24,25)/t19-,20+/m1/s1. The Labute approximate surface area is 186 Å². The number of nitrogens with zero attached hydrogens (tertiary/aromatic N) is 3. The number of hydrazine groups is 1. The number of β-lactam (4-membered cyclic amide) rings is 1. The van der Waals surface area contributed by atoms with Crippen LogP contribution < -0.4 is 5.43 Å². The van der Waals surface area contributed by atoms with Gasteiger partial charge in [0.05, 0.1) is 10.6 Å². The maximum absolute atomic E-state index is 12.6. The first-order valence-electron chi connectivity index (χ1n) is 9.46. The normalized spacial score (nSPS) is 19.5. The Balaban J connectivity index is 1.53. The van der Waals surface area contributed by atoms with Crippen molar-refractivity contribution in [1.29, 1.82) is 0 Å². The van der Waals surface area contributed by atoms with Crippen LogP contribution in [0, 0.1) is 10.1 Å². The number of hydrogen-bond donors (Lipinski definition) is 1. The van der Waals surface area contributed by atoms with Crippen molar-refractivity contribution in [3.63, 3.8) is 0 Å².